The van der Waals surface area contributed by atoms with E-state index in [2.05, 4.69) is 5.32 Å². The molecule has 27 heavy (non-hydrogen) atoms. The Kier molecular flexibility index (Phi) is 5.08. The first-order chi connectivity index (χ1) is 12.7. The summed E-state index contributed by atoms with van der Waals surface area (Å²) in [5.74, 6) is -3.32. The Balaban J connectivity index is 2.26. The number of Topliss-reactive ketones (excluding diaryl/α,β-unsaturated/α-hetero) is 1. The number of carbonyl (C=O) groups excluding carboxylic acids is 2. The number of hydrogen-bond acceptors (Lipinski definition) is 4. The molecule has 4 nitrogen and oxygen atoms in total. The minimum atomic E-state index is -4.85. The van der Waals surface area contributed by atoms with Crippen LogP contribution in [0, 0.1) is 5.82 Å². The van der Waals surface area contributed by atoms with Gasteiger partial charge in [-0.05, 0) is 37.5 Å². The molecule has 2 aliphatic rings. The summed E-state index contributed by atoms with van der Waals surface area (Å²) in [5, 5.41) is 2.26. The topological polar surface area (TPSA) is 55.4 Å². The number of ketones is 1. The Morgan fingerprint density at radius 3 is 2.48 bits per heavy atom. The van der Waals surface area contributed by atoms with E-state index >= 15 is 0 Å². The third-order valence-electron chi connectivity index (χ3n) is 4.56. The molecule has 1 aromatic rings. The molecule has 1 atom stereocenters. The molecule has 0 amide bonds. The van der Waals surface area contributed by atoms with Crippen LogP contribution >= 0.6 is 0 Å². The maximum Gasteiger partial charge on any atom is 0.431 e. The number of benzene rings is 1. The van der Waals surface area contributed by atoms with Crippen LogP contribution in [0.2, 0.25) is 0 Å². The molecule has 1 aromatic carbocycles. The van der Waals surface area contributed by atoms with Crippen LogP contribution in [0.4, 0.5) is 17.6 Å². The van der Waals surface area contributed by atoms with Gasteiger partial charge in [-0.25, -0.2) is 9.18 Å². The van der Waals surface area contributed by atoms with Gasteiger partial charge in [-0.2, -0.15) is 13.2 Å². The molecule has 144 valence electrons. The van der Waals surface area contributed by atoms with E-state index in [1.807, 2.05) is 0 Å². The van der Waals surface area contributed by atoms with Crippen LogP contribution in [-0.4, -0.2) is 24.5 Å². The van der Waals surface area contributed by atoms with Crippen molar-refractivity contribution in [3.63, 3.8) is 0 Å². The van der Waals surface area contributed by atoms with E-state index in [1.54, 1.807) is 0 Å². The van der Waals surface area contributed by atoms with Crippen LogP contribution in [0.5, 0.6) is 0 Å². The Morgan fingerprint density at radius 2 is 1.89 bits per heavy atom. The maximum absolute atomic E-state index is 13.7. The number of halogens is 4. The summed E-state index contributed by atoms with van der Waals surface area (Å²) in [7, 11) is 0. The van der Waals surface area contributed by atoms with E-state index in [1.165, 1.54) is 19.1 Å². The van der Waals surface area contributed by atoms with Gasteiger partial charge in [-0.3, -0.25) is 4.79 Å². The number of carbonyl (C=O) groups is 2. The van der Waals surface area contributed by atoms with E-state index in [9.17, 15) is 27.2 Å². The quantitative estimate of drug-likeness (QED) is 0.635. The van der Waals surface area contributed by atoms with Crippen LogP contribution < -0.4 is 5.32 Å². The van der Waals surface area contributed by atoms with Gasteiger partial charge in [0.1, 0.15) is 11.5 Å². The zero-order valence-corrected chi connectivity index (χ0v) is 14.5. The number of esters is 1. The fraction of sp³-hybridized carbons (Fsp3) is 0.368. The standard InChI is InChI=1S/C19H17F4NO3/c1-2-27-18(26)16-14(10-6-8-11(20)9-7-10)15-12(4-3-5-13(15)25)24-17(16)19(21,22)23/h6-9,14,24H,2-5H2,1H3/t14-/m1/s1. The third kappa shape index (κ3) is 3.61. The highest BCUT2D eigenvalue weighted by atomic mass is 19.4. The molecule has 0 aromatic heterocycles. The first kappa shape index (κ1) is 19.1. The van der Waals surface area contributed by atoms with Gasteiger partial charge < -0.3 is 10.1 Å². The van der Waals surface area contributed by atoms with Gasteiger partial charge in [-0.1, -0.05) is 12.1 Å². The van der Waals surface area contributed by atoms with Gasteiger partial charge in [0.15, 0.2) is 5.78 Å². The number of allylic oxidation sites excluding steroid dienone is 3. The lowest BCUT2D eigenvalue weighted by atomic mass is 9.75. The molecule has 1 aliphatic carbocycles. The highest BCUT2D eigenvalue weighted by Gasteiger charge is 2.48. The van der Waals surface area contributed by atoms with Gasteiger partial charge in [0.2, 0.25) is 0 Å². The molecule has 0 bridgehead atoms. The Labute approximate surface area is 152 Å². The number of nitrogens with one attached hydrogen (secondary N) is 1. The number of dihydropyridines is 1. The summed E-state index contributed by atoms with van der Waals surface area (Å²) in [5.41, 5.74) is -1.41. The fourth-order valence-electron chi connectivity index (χ4n) is 3.48. The van der Waals surface area contributed by atoms with Gasteiger partial charge in [0.25, 0.3) is 0 Å². The molecule has 3 rings (SSSR count). The molecular weight excluding hydrogens is 366 g/mol. The van der Waals surface area contributed by atoms with Gasteiger partial charge in [0, 0.05) is 23.6 Å². The first-order valence-electron chi connectivity index (χ1n) is 8.51. The molecule has 0 unspecified atom stereocenters. The van der Waals surface area contributed by atoms with Crippen molar-refractivity contribution < 1.29 is 31.9 Å². The van der Waals surface area contributed by atoms with Crippen molar-refractivity contribution in [3.8, 4) is 0 Å². The van der Waals surface area contributed by atoms with E-state index in [0.717, 1.165) is 12.1 Å². The average Bonchev–Trinajstić information content (AvgIpc) is 2.60. The average molecular weight is 383 g/mol. The van der Waals surface area contributed by atoms with Crippen molar-refractivity contribution in [2.75, 3.05) is 6.61 Å². The predicted octanol–water partition coefficient (Wildman–Crippen LogP) is 3.90. The number of alkyl halides is 3. The third-order valence-corrected chi connectivity index (χ3v) is 4.56. The second-order valence-electron chi connectivity index (χ2n) is 6.29. The summed E-state index contributed by atoms with van der Waals surface area (Å²) in [6.07, 6.45) is -4.00. The van der Waals surface area contributed by atoms with E-state index in [-0.39, 0.29) is 42.1 Å². The van der Waals surface area contributed by atoms with Crippen molar-refractivity contribution in [3.05, 3.63) is 58.2 Å². The number of hydrogen-bond donors (Lipinski definition) is 1. The Hall–Kier alpha value is -2.64. The van der Waals surface area contributed by atoms with Crippen molar-refractivity contribution in [2.24, 2.45) is 0 Å². The minimum Gasteiger partial charge on any atom is -0.463 e. The lowest BCUT2D eigenvalue weighted by Crippen LogP contribution is -2.40. The highest BCUT2D eigenvalue weighted by Crippen LogP contribution is 2.45. The van der Waals surface area contributed by atoms with Crippen LogP contribution in [-0.2, 0) is 14.3 Å². The maximum atomic E-state index is 13.7. The molecule has 1 N–H and O–H groups in total. The lowest BCUT2D eigenvalue weighted by molar-refractivity contribution is -0.140. The molecule has 8 heteroatoms. The highest BCUT2D eigenvalue weighted by molar-refractivity contribution is 6.03. The van der Waals surface area contributed by atoms with E-state index in [0.29, 0.717) is 6.42 Å². The summed E-state index contributed by atoms with van der Waals surface area (Å²) in [4.78, 5) is 25.0. The van der Waals surface area contributed by atoms with Crippen molar-refractivity contribution in [1.29, 1.82) is 0 Å². The number of rotatable bonds is 3. The minimum absolute atomic E-state index is 0.115. The number of ether oxygens (including phenoxy) is 1. The van der Waals surface area contributed by atoms with Crippen LogP contribution in [0.1, 0.15) is 37.7 Å². The first-order valence-corrected chi connectivity index (χ1v) is 8.51. The lowest BCUT2D eigenvalue weighted by Gasteiger charge is -2.35. The predicted molar refractivity (Wildman–Crippen MR) is 87.9 cm³/mol. The summed E-state index contributed by atoms with van der Waals surface area (Å²) >= 11 is 0. The van der Waals surface area contributed by atoms with Crippen LogP contribution in [0.25, 0.3) is 0 Å². The Morgan fingerprint density at radius 1 is 1.22 bits per heavy atom. The van der Waals surface area contributed by atoms with E-state index in [4.69, 9.17) is 4.74 Å². The molecule has 0 radical (unpaired) electrons. The van der Waals surface area contributed by atoms with Gasteiger partial charge in [0.05, 0.1) is 12.2 Å². The van der Waals surface area contributed by atoms with Gasteiger partial charge in [-0.15, -0.1) is 0 Å². The van der Waals surface area contributed by atoms with Crippen molar-refractivity contribution in [1.82, 2.24) is 5.32 Å². The molecule has 0 spiro atoms. The molecule has 1 heterocycles. The summed E-state index contributed by atoms with van der Waals surface area (Å²) in [6.45, 7) is 1.36. The smallest absolute Gasteiger partial charge is 0.431 e. The van der Waals surface area contributed by atoms with Crippen molar-refractivity contribution >= 4 is 11.8 Å². The summed E-state index contributed by atoms with van der Waals surface area (Å²) in [6, 6.07) is 4.73. The van der Waals surface area contributed by atoms with Crippen LogP contribution in [0.3, 0.4) is 0 Å². The molecule has 0 saturated heterocycles. The zero-order chi connectivity index (χ0) is 19.8. The molecule has 1 aliphatic heterocycles. The van der Waals surface area contributed by atoms with Crippen LogP contribution in [0.15, 0.2) is 46.8 Å². The molecule has 0 fully saturated rings. The van der Waals surface area contributed by atoms with Gasteiger partial charge >= 0.3 is 12.1 Å². The fourth-order valence-corrected chi connectivity index (χ4v) is 3.48. The second kappa shape index (κ2) is 7.17. The molecular formula is C19H17F4NO3. The zero-order valence-electron chi connectivity index (χ0n) is 14.5. The normalized spacial score (nSPS) is 20.3. The van der Waals surface area contributed by atoms with E-state index < -0.39 is 35.2 Å². The monoisotopic (exact) mass is 383 g/mol. The SMILES string of the molecule is CCOC(=O)C1=C(C(F)(F)F)NC2=C(C(=O)CCC2)[C@H]1c1ccc(F)cc1. The largest absolute Gasteiger partial charge is 0.463 e. The molecule has 0 saturated carbocycles. The Bertz CT molecular complexity index is 838. The summed E-state index contributed by atoms with van der Waals surface area (Å²) < 4.78 is 59.3. The second-order valence-corrected chi connectivity index (χ2v) is 6.29. The van der Waals surface area contributed by atoms with Crippen molar-refractivity contribution in [2.45, 2.75) is 38.3 Å².